The van der Waals surface area contributed by atoms with Crippen LogP contribution in [0.2, 0.25) is 0 Å². The summed E-state index contributed by atoms with van der Waals surface area (Å²) in [7, 11) is 0. The van der Waals surface area contributed by atoms with Crippen LogP contribution < -0.4 is 9.47 Å². The van der Waals surface area contributed by atoms with E-state index in [1.54, 1.807) is 0 Å². The first kappa shape index (κ1) is 10.8. The highest BCUT2D eigenvalue weighted by Crippen LogP contribution is 2.18. The van der Waals surface area contributed by atoms with Crippen molar-refractivity contribution in [1.82, 2.24) is 0 Å². The normalized spacial score (nSPS) is 15.4. The minimum absolute atomic E-state index is 0.984. The number of nitrogens with zero attached hydrogens (tertiary/aromatic N) is 2. The van der Waals surface area contributed by atoms with Crippen LogP contribution in [-0.2, 0) is 6.54 Å². The van der Waals surface area contributed by atoms with Crippen molar-refractivity contribution in [3.8, 4) is 0 Å². The molecule has 0 aliphatic carbocycles. The topological polar surface area (TPSA) is 7.12 Å². The van der Waals surface area contributed by atoms with Crippen LogP contribution in [0.1, 0.15) is 17.7 Å². The van der Waals surface area contributed by atoms with Gasteiger partial charge >= 0.3 is 0 Å². The maximum atomic E-state index is 2.47. The molecule has 88 valence electrons. The molecule has 3 rings (SSSR count). The van der Waals surface area contributed by atoms with Crippen molar-refractivity contribution < 1.29 is 4.57 Å². The van der Waals surface area contributed by atoms with E-state index in [0.29, 0.717) is 0 Å². The van der Waals surface area contributed by atoms with E-state index in [2.05, 4.69) is 51.5 Å². The number of thiophene rings is 1. The zero-order valence-corrected chi connectivity index (χ0v) is 10.7. The minimum Gasteiger partial charge on any atom is -0.371 e. The van der Waals surface area contributed by atoms with Gasteiger partial charge in [0.2, 0.25) is 0 Å². The summed E-state index contributed by atoms with van der Waals surface area (Å²) in [5.41, 5.74) is 1.37. The van der Waals surface area contributed by atoms with Gasteiger partial charge in [-0.25, -0.2) is 0 Å². The lowest BCUT2D eigenvalue weighted by atomic mass is 10.3. The lowest BCUT2D eigenvalue weighted by molar-refractivity contribution is -0.687. The summed E-state index contributed by atoms with van der Waals surface area (Å²) >= 11 is 1.82. The first-order valence-corrected chi connectivity index (χ1v) is 7.06. The summed E-state index contributed by atoms with van der Waals surface area (Å²) in [5, 5.41) is 2.13. The van der Waals surface area contributed by atoms with Gasteiger partial charge in [-0.2, -0.15) is 4.57 Å². The summed E-state index contributed by atoms with van der Waals surface area (Å²) in [6.07, 6.45) is 7.05. The maximum absolute atomic E-state index is 2.47. The van der Waals surface area contributed by atoms with Crippen LogP contribution in [0.15, 0.2) is 42.0 Å². The van der Waals surface area contributed by atoms with Gasteiger partial charge in [0.1, 0.15) is 0 Å². The van der Waals surface area contributed by atoms with Crippen molar-refractivity contribution in [1.29, 1.82) is 0 Å². The smallest absolute Gasteiger partial charge is 0.182 e. The van der Waals surface area contributed by atoms with Gasteiger partial charge in [0.15, 0.2) is 18.9 Å². The Morgan fingerprint density at radius 3 is 2.53 bits per heavy atom. The Kier molecular flexibility index (Phi) is 3.10. The fourth-order valence-electron chi connectivity index (χ4n) is 2.32. The van der Waals surface area contributed by atoms with E-state index < -0.39 is 0 Å². The first-order valence-electron chi connectivity index (χ1n) is 6.18. The summed E-state index contributed by atoms with van der Waals surface area (Å²) in [4.78, 5) is 3.87. The Morgan fingerprint density at radius 2 is 1.88 bits per heavy atom. The summed E-state index contributed by atoms with van der Waals surface area (Å²) in [6.45, 7) is 3.42. The van der Waals surface area contributed by atoms with Crippen LogP contribution in [0.3, 0.4) is 0 Å². The monoisotopic (exact) mass is 245 g/mol. The molecule has 1 fully saturated rings. The van der Waals surface area contributed by atoms with Gasteiger partial charge in [0, 0.05) is 30.9 Å². The second-order valence-electron chi connectivity index (χ2n) is 4.50. The molecule has 1 aliphatic heterocycles. The van der Waals surface area contributed by atoms with Crippen molar-refractivity contribution in [3.63, 3.8) is 0 Å². The van der Waals surface area contributed by atoms with E-state index in [4.69, 9.17) is 0 Å². The molecule has 0 bridgehead atoms. The highest BCUT2D eigenvalue weighted by Gasteiger charge is 2.13. The lowest BCUT2D eigenvalue weighted by Gasteiger charge is -2.16. The van der Waals surface area contributed by atoms with Crippen LogP contribution in [0.5, 0.6) is 0 Å². The standard InChI is InChI=1S/C14H17N2S/c1-2-8-16(7-1)13-5-9-15(10-6-13)12-14-4-3-11-17-14/h3-6,9-11H,1-2,7-8,12H2/q+1. The molecule has 0 atom stereocenters. The van der Waals surface area contributed by atoms with Crippen LogP contribution in [0, 0.1) is 0 Å². The molecule has 3 heteroatoms. The molecular weight excluding hydrogens is 228 g/mol. The highest BCUT2D eigenvalue weighted by atomic mass is 32.1. The second kappa shape index (κ2) is 4.88. The van der Waals surface area contributed by atoms with E-state index in [9.17, 15) is 0 Å². The molecule has 0 amide bonds. The van der Waals surface area contributed by atoms with Gasteiger partial charge < -0.3 is 4.90 Å². The van der Waals surface area contributed by atoms with Crippen LogP contribution in [0.25, 0.3) is 0 Å². The largest absolute Gasteiger partial charge is 0.371 e. The number of rotatable bonds is 3. The molecule has 1 saturated heterocycles. The van der Waals surface area contributed by atoms with Gasteiger partial charge in [0.25, 0.3) is 0 Å². The second-order valence-corrected chi connectivity index (χ2v) is 5.53. The summed E-state index contributed by atoms with van der Waals surface area (Å²) in [6, 6.07) is 8.77. The van der Waals surface area contributed by atoms with Crippen molar-refractivity contribution in [2.45, 2.75) is 19.4 Å². The Labute approximate surface area is 106 Å². The Hall–Kier alpha value is -1.35. The highest BCUT2D eigenvalue weighted by molar-refractivity contribution is 7.09. The predicted octanol–water partition coefficient (Wildman–Crippen LogP) is 2.68. The number of hydrogen-bond acceptors (Lipinski definition) is 2. The summed E-state index contributed by atoms with van der Waals surface area (Å²) in [5.74, 6) is 0. The van der Waals surface area contributed by atoms with Gasteiger partial charge in [-0.1, -0.05) is 6.07 Å². The van der Waals surface area contributed by atoms with Gasteiger partial charge in [-0.15, -0.1) is 11.3 Å². The average Bonchev–Trinajstić information content (AvgIpc) is 3.01. The number of anilines is 1. The Balaban J connectivity index is 1.71. The molecule has 0 spiro atoms. The van der Waals surface area contributed by atoms with E-state index in [1.165, 1.54) is 36.5 Å². The van der Waals surface area contributed by atoms with Crippen molar-refractivity contribution >= 4 is 17.0 Å². The van der Waals surface area contributed by atoms with Gasteiger partial charge in [-0.05, 0) is 24.3 Å². The fraction of sp³-hybridized carbons (Fsp3) is 0.357. The Bertz CT molecular complexity index is 455. The third-order valence-corrected chi connectivity index (χ3v) is 4.12. The quantitative estimate of drug-likeness (QED) is 0.754. The molecule has 0 unspecified atom stereocenters. The molecule has 17 heavy (non-hydrogen) atoms. The molecule has 3 heterocycles. The first-order chi connectivity index (χ1) is 8.42. The Morgan fingerprint density at radius 1 is 1.12 bits per heavy atom. The van der Waals surface area contributed by atoms with Crippen molar-refractivity contribution in [2.75, 3.05) is 18.0 Å². The lowest BCUT2D eigenvalue weighted by Crippen LogP contribution is -2.33. The molecular formula is C14H17N2S+. The minimum atomic E-state index is 0.984. The zero-order chi connectivity index (χ0) is 11.5. The molecule has 0 saturated carbocycles. The van der Waals surface area contributed by atoms with Crippen molar-refractivity contribution in [3.05, 3.63) is 46.9 Å². The van der Waals surface area contributed by atoms with Gasteiger partial charge in [-0.3, -0.25) is 0 Å². The zero-order valence-electron chi connectivity index (χ0n) is 9.88. The number of hydrogen-bond donors (Lipinski definition) is 0. The van der Waals surface area contributed by atoms with E-state index >= 15 is 0 Å². The molecule has 0 N–H and O–H groups in total. The predicted molar refractivity (Wildman–Crippen MR) is 71.5 cm³/mol. The third-order valence-electron chi connectivity index (χ3n) is 3.26. The van der Waals surface area contributed by atoms with Crippen LogP contribution in [0.4, 0.5) is 5.69 Å². The molecule has 2 aromatic rings. The fourth-order valence-corrected chi connectivity index (χ4v) is 3.04. The number of pyridine rings is 1. The van der Waals surface area contributed by atoms with E-state index in [1.807, 2.05) is 11.3 Å². The molecule has 2 nitrogen and oxygen atoms in total. The average molecular weight is 245 g/mol. The molecule has 0 aromatic carbocycles. The van der Waals surface area contributed by atoms with Gasteiger partial charge in [0.05, 0.1) is 4.88 Å². The van der Waals surface area contributed by atoms with Crippen LogP contribution >= 0.6 is 11.3 Å². The van der Waals surface area contributed by atoms with Crippen molar-refractivity contribution in [2.24, 2.45) is 0 Å². The third kappa shape index (κ3) is 2.50. The van der Waals surface area contributed by atoms with E-state index in [-0.39, 0.29) is 0 Å². The molecule has 1 aliphatic rings. The SMILES string of the molecule is c1csc(C[n+]2ccc(N3CCCC3)cc2)c1. The van der Waals surface area contributed by atoms with Crippen LogP contribution in [-0.4, -0.2) is 13.1 Å². The molecule has 2 aromatic heterocycles. The molecule has 0 radical (unpaired) electrons. The maximum Gasteiger partial charge on any atom is 0.182 e. The van der Waals surface area contributed by atoms with E-state index in [0.717, 1.165) is 6.54 Å². The number of aromatic nitrogens is 1. The summed E-state index contributed by atoms with van der Waals surface area (Å²) < 4.78 is 2.24.